The Bertz CT molecular complexity index is 599. The standard InChI is InChI=1S/C11H12BrN5O2/c1-6-16-9(17-19-6)2-3-14-11(18)8-4-7(12)5-15-10(8)13/h4-5H,2-3H2,1H3,(H2,13,15)(H,14,18). The first kappa shape index (κ1) is 13.5. The lowest BCUT2D eigenvalue weighted by atomic mass is 10.2. The molecule has 7 nitrogen and oxygen atoms in total. The van der Waals surface area contributed by atoms with Gasteiger partial charge in [0, 0.05) is 30.6 Å². The molecule has 0 radical (unpaired) electrons. The first-order valence-electron chi connectivity index (χ1n) is 5.54. The van der Waals surface area contributed by atoms with E-state index in [0.717, 1.165) is 0 Å². The third kappa shape index (κ3) is 3.50. The Hall–Kier alpha value is -1.96. The number of nitrogens with two attached hydrogens (primary N) is 1. The van der Waals surface area contributed by atoms with E-state index in [2.05, 4.69) is 36.4 Å². The highest BCUT2D eigenvalue weighted by molar-refractivity contribution is 9.10. The number of hydrogen-bond donors (Lipinski definition) is 2. The van der Waals surface area contributed by atoms with Crippen molar-refractivity contribution in [2.24, 2.45) is 0 Å². The molecule has 0 atom stereocenters. The van der Waals surface area contributed by atoms with Crippen molar-refractivity contribution in [2.75, 3.05) is 12.3 Å². The van der Waals surface area contributed by atoms with Crippen LogP contribution in [0.25, 0.3) is 0 Å². The molecule has 100 valence electrons. The Morgan fingerprint density at radius 2 is 2.37 bits per heavy atom. The lowest BCUT2D eigenvalue weighted by Crippen LogP contribution is -2.27. The van der Waals surface area contributed by atoms with Crippen molar-refractivity contribution >= 4 is 27.7 Å². The van der Waals surface area contributed by atoms with Crippen LogP contribution >= 0.6 is 15.9 Å². The van der Waals surface area contributed by atoms with Crippen LogP contribution in [-0.4, -0.2) is 27.6 Å². The average Bonchev–Trinajstić information content (AvgIpc) is 2.78. The van der Waals surface area contributed by atoms with Gasteiger partial charge in [-0.25, -0.2) is 4.98 Å². The van der Waals surface area contributed by atoms with Crippen LogP contribution in [0.1, 0.15) is 22.1 Å². The number of hydrogen-bond acceptors (Lipinski definition) is 6. The molecule has 0 aliphatic heterocycles. The van der Waals surface area contributed by atoms with Gasteiger partial charge in [-0.1, -0.05) is 5.16 Å². The number of nitrogens with zero attached hydrogens (tertiary/aromatic N) is 3. The van der Waals surface area contributed by atoms with E-state index < -0.39 is 0 Å². The molecular weight excluding hydrogens is 314 g/mol. The van der Waals surface area contributed by atoms with Crippen molar-refractivity contribution in [1.29, 1.82) is 0 Å². The highest BCUT2D eigenvalue weighted by Gasteiger charge is 2.11. The van der Waals surface area contributed by atoms with Gasteiger partial charge in [-0.05, 0) is 22.0 Å². The molecule has 0 aliphatic rings. The van der Waals surface area contributed by atoms with Crippen LogP contribution in [-0.2, 0) is 6.42 Å². The number of carbonyl (C=O) groups is 1. The summed E-state index contributed by atoms with van der Waals surface area (Å²) < 4.78 is 5.53. The van der Waals surface area contributed by atoms with Crippen LogP contribution < -0.4 is 11.1 Å². The fraction of sp³-hybridized carbons (Fsp3) is 0.273. The Morgan fingerprint density at radius 3 is 3.05 bits per heavy atom. The van der Waals surface area contributed by atoms with Crippen LogP contribution in [0, 0.1) is 6.92 Å². The molecule has 1 amide bonds. The maximum absolute atomic E-state index is 11.9. The average molecular weight is 326 g/mol. The SMILES string of the molecule is Cc1nc(CCNC(=O)c2cc(Br)cnc2N)no1. The Balaban J connectivity index is 1.92. The molecule has 0 bridgehead atoms. The van der Waals surface area contributed by atoms with Crippen molar-refractivity contribution in [3.63, 3.8) is 0 Å². The highest BCUT2D eigenvalue weighted by atomic mass is 79.9. The lowest BCUT2D eigenvalue weighted by molar-refractivity contribution is 0.0954. The topological polar surface area (TPSA) is 107 Å². The van der Waals surface area contributed by atoms with E-state index >= 15 is 0 Å². The smallest absolute Gasteiger partial charge is 0.255 e. The van der Waals surface area contributed by atoms with E-state index in [4.69, 9.17) is 10.3 Å². The second-order valence-corrected chi connectivity index (χ2v) is 4.74. The van der Waals surface area contributed by atoms with Gasteiger partial charge in [0.25, 0.3) is 5.91 Å². The molecule has 0 saturated carbocycles. The number of aryl methyl sites for hydroxylation is 1. The van der Waals surface area contributed by atoms with E-state index in [0.29, 0.717) is 34.7 Å². The first-order valence-corrected chi connectivity index (χ1v) is 6.34. The summed E-state index contributed by atoms with van der Waals surface area (Å²) in [6.45, 7) is 2.10. The molecule has 8 heteroatoms. The van der Waals surface area contributed by atoms with Gasteiger partial charge >= 0.3 is 0 Å². The molecule has 0 aliphatic carbocycles. The number of nitrogens with one attached hydrogen (secondary N) is 1. The number of carbonyl (C=O) groups excluding carboxylic acids is 1. The van der Waals surface area contributed by atoms with Crippen LogP contribution in [0.4, 0.5) is 5.82 Å². The van der Waals surface area contributed by atoms with Crippen LogP contribution in [0.2, 0.25) is 0 Å². The van der Waals surface area contributed by atoms with E-state index in [1.807, 2.05) is 0 Å². The van der Waals surface area contributed by atoms with Gasteiger partial charge in [-0.3, -0.25) is 4.79 Å². The number of anilines is 1. The van der Waals surface area contributed by atoms with Crippen molar-refractivity contribution in [2.45, 2.75) is 13.3 Å². The summed E-state index contributed by atoms with van der Waals surface area (Å²) in [6.07, 6.45) is 2.03. The minimum atomic E-state index is -0.286. The number of halogens is 1. The van der Waals surface area contributed by atoms with Gasteiger partial charge in [-0.15, -0.1) is 0 Å². The fourth-order valence-corrected chi connectivity index (χ4v) is 1.79. The van der Waals surface area contributed by atoms with Crippen molar-refractivity contribution in [3.8, 4) is 0 Å². The quantitative estimate of drug-likeness (QED) is 0.871. The summed E-state index contributed by atoms with van der Waals surface area (Å²) in [7, 11) is 0. The number of nitrogen functional groups attached to an aromatic ring is 1. The Labute approximate surface area is 117 Å². The number of pyridine rings is 1. The summed E-state index contributed by atoms with van der Waals surface area (Å²) >= 11 is 3.24. The zero-order chi connectivity index (χ0) is 13.8. The predicted molar refractivity (Wildman–Crippen MR) is 71.4 cm³/mol. The third-order valence-corrected chi connectivity index (χ3v) is 2.77. The van der Waals surface area contributed by atoms with Gasteiger partial charge in [0.05, 0.1) is 5.56 Å². The van der Waals surface area contributed by atoms with E-state index in [9.17, 15) is 4.79 Å². The van der Waals surface area contributed by atoms with E-state index in [1.165, 1.54) is 6.20 Å². The van der Waals surface area contributed by atoms with Gasteiger partial charge in [0.2, 0.25) is 5.89 Å². The van der Waals surface area contributed by atoms with Gasteiger partial charge in [0.15, 0.2) is 5.82 Å². The largest absolute Gasteiger partial charge is 0.383 e. The summed E-state index contributed by atoms with van der Waals surface area (Å²) in [6, 6.07) is 1.62. The fourth-order valence-electron chi connectivity index (χ4n) is 1.46. The molecule has 2 aromatic heterocycles. The molecule has 3 N–H and O–H groups in total. The second kappa shape index (κ2) is 5.79. The molecule has 2 aromatic rings. The molecule has 0 aromatic carbocycles. The molecule has 0 unspecified atom stereocenters. The first-order chi connectivity index (χ1) is 9.06. The minimum Gasteiger partial charge on any atom is -0.383 e. The maximum atomic E-state index is 11.9. The van der Waals surface area contributed by atoms with Crippen molar-refractivity contribution < 1.29 is 9.32 Å². The summed E-state index contributed by atoms with van der Waals surface area (Å²) in [4.78, 5) is 19.8. The number of amides is 1. The molecule has 0 spiro atoms. The maximum Gasteiger partial charge on any atom is 0.255 e. The van der Waals surface area contributed by atoms with E-state index in [1.54, 1.807) is 13.0 Å². The molecule has 0 saturated heterocycles. The van der Waals surface area contributed by atoms with E-state index in [-0.39, 0.29) is 11.7 Å². The Morgan fingerprint density at radius 1 is 1.58 bits per heavy atom. The number of aromatic nitrogens is 3. The van der Waals surface area contributed by atoms with Crippen molar-refractivity contribution in [3.05, 3.63) is 34.0 Å². The summed E-state index contributed by atoms with van der Waals surface area (Å²) in [5.41, 5.74) is 5.98. The van der Waals surface area contributed by atoms with Crippen molar-refractivity contribution in [1.82, 2.24) is 20.4 Å². The molecule has 2 rings (SSSR count). The van der Waals surface area contributed by atoms with Crippen LogP contribution in [0.3, 0.4) is 0 Å². The van der Waals surface area contributed by atoms with Gasteiger partial charge in [0.1, 0.15) is 5.82 Å². The minimum absolute atomic E-state index is 0.191. The molecular formula is C11H12BrN5O2. The third-order valence-electron chi connectivity index (χ3n) is 2.33. The monoisotopic (exact) mass is 325 g/mol. The summed E-state index contributed by atoms with van der Waals surface area (Å²) in [5.74, 6) is 0.961. The molecule has 2 heterocycles. The second-order valence-electron chi connectivity index (χ2n) is 3.82. The normalized spacial score (nSPS) is 10.4. The zero-order valence-electron chi connectivity index (χ0n) is 10.2. The van der Waals surface area contributed by atoms with Gasteiger partial charge < -0.3 is 15.6 Å². The highest BCUT2D eigenvalue weighted by Crippen LogP contribution is 2.15. The summed E-state index contributed by atoms with van der Waals surface area (Å²) in [5, 5.41) is 6.46. The molecule has 19 heavy (non-hydrogen) atoms. The predicted octanol–water partition coefficient (Wildman–Crippen LogP) is 1.09. The lowest BCUT2D eigenvalue weighted by Gasteiger charge is -2.06. The molecule has 0 fully saturated rings. The van der Waals surface area contributed by atoms with Crippen LogP contribution in [0.15, 0.2) is 21.3 Å². The van der Waals surface area contributed by atoms with Crippen LogP contribution in [0.5, 0.6) is 0 Å². The van der Waals surface area contributed by atoms with Gasteiger partial charge in [-0.2, -0.15) is 4.98 Å². The Kier molecular flexibility index (Phi) is 4.10. The number of rotatable bonds is 4. The zero-order valence-corrected chi connectivity index (χ0v) is 11.8.